The van der Waals surface area contributed by atoms with Crippen molar-refractivity contribution >= 4 is 29.0 Å². The zero-order chi connectivity index (χ0) is 19.9. The van der Waals surface area contributed by atoms with Crippen LogP contribution < -0.4 is 15.4 Å². The molecule has 0 saturated carbocycles. The molecule has 1 heterocycles. The molecule has 3 N–H and O–H groups in total. The molecule has 1 amide bonds. The second-order valence-electron chi connectivity index (χ2n) is 6.28. The number of aromatic nitrogens is 2. The predicted octanol–water partition coefficient (Wildman–Crippen LogP) is 3.22. The largest absolute Gasteiger partial charge is 0.495 e. The summed E-state index contributed by atoms with van der Waals surface area (Å²) < 4.78 is 18.6. The highest BCUT2D eigenvalue weighted by Gasteiger charge is 2.18. The van der Waals surface area contributed by atoms with Gasteiger partial charge in [-0.25, -0.2) is 4.39 Å². The molecule has 0 spiro atoms. The van der Waals surface area contributed by atoms with Gasteiger partial charge in [0.25, 0.3) is 5.91 Å². The Morgan fingerprint density at radius 3 is 2.68 bits per heavy atom. The Kier molecular flexibility index (Phi) is 6.39. The van der Waals surface area contributed by atoms with Crippen molar-refractivity contribution in [1.82, 2.24) is 20.8 Å². The van der Waals surface area contributed by atoms with Crippen LogP contribution in [0.5, 0.6) is 5.75 Å². The SMILES string of the molecule is CNCCCNC(=O)c1ccc2[nH]nc(C=Cc3ccc(F)cc3)c2c1OC. The molecule has 28 heavy (non-hydrogen) atoms. The maximum Gasteiger partial charge on any atom is 0.255 e. The van der Waals surface area contributed by atoms with Crippen molar-refractivity contribution in [2.24, 2.45) is 0 Å². The van der Waals surface area contributed by atoms with E-state index in [0.717, 1.165) is 29.4 Å². The minimum Gasteiger partial charge on any atom is -0.495 e. The van der Waals surface area contributed by atoms with Gasteiger partial charge in [0.2, 0.25) is 0 Å². The second kappa shape index (κ2) is 9.14. The van der Waals surface area contributed by atoms with E-state index in [9.17, 15) is 9.18 Å². The van der Waals surface area contributed by atoms with Gasteiger partial charge in [-0.1, -0.05) is 18.2 Å². The van der Waals surface area contributed by atoms with Crippen molar-refractivity contribution in [2.45, 2.75) is 6.42 Å². The lowest BCUT2D eigenvalue weighted by Gasteiger charge is -2.10. The van der Waals surface area contributed by atoms with Crippen molar-refractivity contribution in [3.63, 3.8) is 0 Å². The number of ether oxygens (including phenoxy) is 1. The molecule has 3 aromatic rings. The first kappa shape index (κ1) is 19.6. The smallest absolute Gasteiger partial charge is 0.255 e. The molecule has 0 radical (unpaired) electrons. The molecule has 6 nitrogen and oxygen atoms in total. The monoisotopic (exact) mass is 382 g/mol. The van der Waals surface area contributed by atoms with Crippen LogP contribution >= 0.6 is 0 Å². The number of hydrogen-bond donors (Lipinski definition) is 3. The number of halogens is 1. The Balaban J connectivity index is 1.90. The summed E-state index contributed by atoms with van der Waals surface area (Å²) in [6.45, 7) is 1.40. The molecule has 0 atom stereocenters. The molecule has 0 unspecified atom stereocenters. The Labute approximate surface area is 162 Å². The van der Waals surface area contributed by atoms with Crippen LogP contribution in [0.2, 0.25) is 0 Å². The van der Waals surface area contributed by atoms with Gasteiger partial charge in [-0.05, 0) is 55.9 Å². The zero-order valence-corrected chi connectivity index (χ0v) is 15.9. The summed E-state index contributed by atoms with van der Waals surface area (Å²) >= 11 is 0. The fourth-order valence-electron chi connectivity index (χ4n) is 2.93. The first-order chi connectivity index (χ1) is 13.6. The topological polar surface area (TPSA) is 79.0 Å². The normalized spacial score (nSPS) is 11.2. The summed E-state index contributed by atoms with van der Waals surface area (Å²) in [5.74, 6) is -0.00458. The van der Waals surface area contributed by atoms with Gasteiger partial charge in [0.1, 0.15) is 11.6 Å². The van der Waals surface area contributed by atoms with Gasteiger partial charge >= 0.3 is 0 Å². The molecular weight excluding hydrogens is 359 g/mol. The summed E-state index contributed by atoms with van der Waals surface area (Å²) in [5.41, 5.74) is 2.70. The van der Waals surface area contributed by atoms with E-state index in [0.29, 0.717) is 23.6 Å². The molecule has 3 rings (SSSR count). The van der Waals surface area contributed by atoms with Gasteiger partial charge in [-0.3, -0.25) is 9.89 Å². The molecule has 0 aliphatic rings. The van der Waals surface area contributed by atoms with Crippen LogP contribution in [0.3, 0.4) is 0 Å². The number of hydrogen-bond acceptors (Lipinski definition) is 4. The molecule has 7 heteroatoms. The molecular formula is C21H23FN4O2. The maximum atomic E-state index is 13.1. The first-order valence-electron chi connectivity index (χ1n) is 9.05. The van der Waals surface area contributed by atoms with Crippen molar-refractivity contribution < 1.29 is 13.9 Å². The van der Waals surface area contributed by atoms with E-state index in [-0.39, 0.29) is 11.7 Å². The van der Waals surface area contributed by atoms with Crippen LogP contribution in [-0.4, -0.2) is 43.4 Å². The third kappa shape index (κ3) is 4.37. The number of carbonyl (C=O) groups is 1. The number of methoxy groups -OCH3 is 1. The van der Waals surface area contributed by atoms with E-state index >= 15 is 0 Å². The number of rotatable bonds is 8. The Morgan fingerprint density at radius 1 is 1.18 bits per heavy atom. The van der Waals surface area contributed by atoms with Crippen LogP contribution in [0.4, 0.5) is 4.39 Å². The molecule has 1 aromatic heterocycles. The number of benzene rings is 2. The number of nitrogens with zero attached hydrogens (tertiary/aromatic N) is 1. The lowest BCUT2D eigenvalue weighted by atomic mass is 10.1. The minimum absolute atomic E-state index is 0.190. The fraction of sp³-hybridized carbons (Fsp3) is 0.238. The fourth-order valence-corrected chi connectivity index (χ4v) is 2.93. The van der Waals surface area contributed by atoms with E-state index < -0.39 is 0 Å². The van der Waals surface area contributed by atoms with Gasteiger partial charge in [0.15, 0.2) is 0 Å². The molecule has 0 aliphatic heterocycles. The van der Waals surface area contributed by atoms with Crippen LogP contribution in [0.25, 0.3) is 23.1 Å². The highest BCUT2D eigenvalue weighted by molar-refractivity contribution is 6.05. The van der Waals surface area contributed by atoms with Gasteiger partial charge in [-0.15, -0.1) is 0 Å². The molecule has 146 valence electrons. The predicted molar refractivity (Wildman–Crippen MR) is 109 cm³/mol. The molecule has 0 aliphatic carbocycles. The van der Waals surface area contributed by atoms with Crippen molar-refractivity contribution in [1.29, 1.82) is 0 Å². The van der Waals surface area contributed by atoms with Crippen LogP contribution in [-0.2, 0) is 0 Å². The van der Waals surface area contributed by atoms with Crippen LogP contribution in [0.15, 0.2) is 36.4 Å². The van der Waals surface area contributed by atoms with E-state index in [2.05, 4.69) is 20.8 Å². The molecule has 2 aromatic carbocycles. The summed E-state index contributed by atoms with van der Waals surface area (Å²) in [7, 11) is 3.41. The zero-order valence-electron chi connectivity index (χ0n) is 15.9. The third-order valence-corrected chi connectivity index (χ3v) is 4.35. The number of nitrogens with one attached hydrogen (secondary N) is 3. The summed E-state index contributed by atoms with van der Waals surface area (Å²) in [5, 5.41) is 13.9. The van der Waals surface area contributed by atoms with E-state index in [1.54, 1.807) is 18.2 Å². The number of fused-ring (bicyclic) bond motifs is 1. The highest BCUT2D eigenvalue weighted by atomic mass is 19.1. The Hall–Kier alpha value is -3.19. The first-order valence-corrected chi connectivity index (χ1v) is 9.05. The number of H-pyrrole nitrogens is 1. The van der Waals surface area contributed by atoms with Gasteiger partial charge in [-0.2, -0.15) is 5.10 Å². The van der Waals surface area contributed by atoms with E-state index in [1.807, 2.05) is 25.3 Å². The summed E-state index contributed by atoms with van der Waals surface area (Å²) in [4.78, 5) is 12.6. The molecule has 0 fully saturated rings. The van der Waals surface area contributed by atoms with Crippen LogP contribution in [0, 0.1) is 5.82 Å². The summed E-state index contributed by atoms with van der Waals surface area (Å²) in [6, 6.07) is 9.70. The number of amides is 1. The highest BCUT2D eigenvalue weighted by Crippen LogP contribution is 2.32. The van der Waals surface area contributed by atoms with E-state index in [4.69, 9.17) is 4.74 Å². The van der Waals surface area contributed by atoms with Crippen molar-refractivity contribution in [2.75, 3.05) is 27.2 Å². The van der Waals surface area contributed by atoms with Gasteiger partial charge < -0.3 is 15.4 Å². The summed E-state index contributed by atoms with van der Waals surface area (Å²) in [6.07, 6.45) is 4.48. The minimum atomic E-state index is -0.283. The average Bonchev–Trinajstić information content (AvgIpc) is 3.13. The quantitative estimate of drug-likeness (QED) is 0.523. The third-order valence-electron chi connectivity index (χ3n) is 4.35. The average molecular weight is 382 g/mol. The van der Waals surface area contributed by atoms with Crippen LogP contribution in [0.1, 0.15) is 28.0 Å². The standard InChI is InChI=1S/C21H23FN4O2/c1-23-12-3-13-24-21(27)16-9-11-18-19(20(16)28-2)17(25-26-18)10-6-14-4-7-15(22)8-5-14/h4-11,23H,3,12-13H2,1-2H3,(H,24,27)(H,25,26). The Morgan fingerprint density at radius 2 is 1.96 bits per heavy atom. The molecule has 0 bridgehead atoms. The molecule has 0 saturated heterocycles. The number of aromatic amines is 1. The Bertz CT molecular complexity index is 980. The van der Waals surface area contributed by atoms with Crippen molar-refractivity contribution in [3.05, 3.63) is 59.0 Å². The van der Waals surface area contributed by atoms with Gasteiger partial charge in [0, 0.05) is 6.54 Å². The lowest BCUT2D eigenvalue weighted by molar-refractivity contribution is 0.0950. The maximum absolute atomic E-state index is 13.1. The van der Waals surface area contributed by atoms with Gasteiger partial charge in [0.05, 0.1) is 29.3 Å². The van der Waals surface area contributed by atoms with Crippen molar-refractivity contribution in [3.8, 4) is 5.75 Å². The lowest BCUT2D eigenvalue weighted by Crippen LogP contribution is -2.27. The van der Waals surface area contributed by atoms with E-state index in [1.165, 1.54) is 19.2 Å². The second-order valence-corrected chi connectivity index (χ2v) is 6.28. The number of carbonyl (C=O) groups excluding carboxylic acids is 1.